The standard InChI is InChI=1S/C24H26F2N2O4/c25-19-3-6-22(26)21(15-19)24(30)27-9-7-17(8-10-27)16-32-20-4-1-18(2-5-20)23(29)28-11-13-31-14-12-28/h1-6,15,17H,7-14,16H2. The number of amides is 2. The summed E-state index contributed by atoms with van der Waals surface area (Å²) in [5.74, 6) is -0.892. The van der Waals surface area contributed by atoms with Crippen LogP contribution in [0, 0.1) is 17.6 Å². The fourth-order valence-corrected chi connectivity index (χ4v) is 3.99. The predicted octanol–water partition coefficient (Wildman–Crippen LogP) is 3.37. The van der Waals surface area contributed by atoms with Gasteiger partial charge in [0.1, 0.15) is 17.4 Å². The number of hydrogen-bond donors (Lipinski definition) is 0. The summed E-state index contributed by atoms with van der Waals surface area (Å²) in [5, 5.41) is 0. The van der Waals surface area contributed by atoms with E-state index in [2.05, 4.69) is 0 Å². The molecule has 0 bridgehead atoms. The van der Waals surface area contributed by atoms with E-state index in [9.17, 15) is 18.4 Å². The summed E-state index contributed by atoms with van der Waals surface area (Å²) >= 11 is 0. The van der Waals surface area contributed by atoms with Crippen molar-refractivity contribution in [2.24, 2.45) is 5.92 Å². The second kappa shape index (κ2) is 10.1. The number of likely N-dealkylation sites (tertiary alicyclic amines) is 1. The van der Waals surface area contributed by atoms with Gasteiger partial charge in [-0.1, -0.05) is 0 Å². The Balaban J connectivity index is 1.24. The van der Waals surface area contributed by atoms with Crippen molar-refractivity contribution in [2.45, 2.75) is 12.8 Å². The molecule has 2 fully saturated rings. The molecule has 170 valence electrons. The summed E-state index contributed by atoms with van der Waals surface area (Å²) in [7, 11) is 0. The molecule has 0 radical (unpaired) electrons. The van der Waals surface area contributed by atoms with Gasteiger partial charge in [-0.3, -0.25) is 9.59 Å². The molecule has 32 heavy (non-hydrogen) atoms. The second-order valence-corrected chi connectivity index (χ2v) is 8.10. The average Bonchev–Trinajstić information content (AvgIpc) is 2.84. The minimum absolute atomic E-state index is 0.00776. The number of hydrogen-bond acceptors (Lipinski definition) is 4. The van der Waals surface area contributed by atoms with Crippen molar-refractivity contribution in [1.29, 1.82) is 0 Å². The number of benzene rings is 2. The van der Waals surface area contributed by atoms with E-state index in [-0.39, 0.29) is 17.4 Å². The highest BCUT2D eigenvalue weighted by Crippen LogP contribution is 2.22. The number of morpholine rings is 1. The molecule has 0 saturated carbocycles. The van der Waals surface area contributed by atoms with Crippen molar-refractivity contribution < 1.29 is 27.8 Å². The van der Waals surface area contributed by atoms with Gasteiger partial charge in [0.2, 0.25) is 0 Å². The van der Waals surface area contributed by atoms with Gasteiger partial charge < -0.3 is 19.3 Å². The molecule has 2 amide bonds. The maximum Gasteiger partial charge on any atom is 0.256 e. The molecule has 4 rings (SSSR count). The van der Waals surface area contributed by atoms with Crippen LogP contribution in [0.25, 0.3) is 0 Å². The first-order chi connectivity index (χ1) is 15.5. The van der Waals surface area contributed by atoms with Gasteiger partial charge in [0, 0.05) is 31.7 Å². The molecule has 2 aliphatic heterocycles. The van der Waals surface area contributed by atoms with Crippen molar-refractivity contribution in [3.63, 3.8) is 0 Å². The first kappa shape index (κ1) is 22.2. The van der Waals surface area contributed by atoms with Crippen LogP contribution in [0.1, 0.15) is 33.6 Å². The maximum absolute atomic E-state index is 13.9. The molecule has 2 aromatic rings. The van der Waals surface area contributed by atoms with E-state index in [1.165, 1.54) is 0 Å². The molecule has 2 aromatic carbocycles. The van der Waals surface area contributed by atoms with E-state index in [0.29, 0.717) is 57.3 Å². The van der Waals surface area contributed by atoms with Crippen molar-refractivity contribution in [1.82, 2.24) is 9.80 Å². The molecular formula is C24H26F2N2O4. The van der Waals surface area contributed by atoms with Crippen LogP contribution in [0.5, 0.6) is 5.75 Å². The van der Waals surface area contributed by atoms with E-state index >= 15 is 0 Å². The summed E-state index contributed by atoms with van der Waals surface area (Å²) in [4.78, 5) is 28.3. The van der Waals surface area contributed by atoms with Gasteiger partial charge >= 0.3 is 0 Å². The van der Waals surface area contributed by atoms with Gasteiger partial charge in [0.05, 0.1) is 25.4 Å². The monoisotopic (exact) mass is 444 g/mol. The lowest BCUT2D eigenvalue weighted by atomic mass is 9.97. The van der Waals surface area contributed by atoms with Gasteiger partial charge in [0.15, 0.2) is 0 Å². The molecule has 0 N–H and O–H groups in total. The average molecular weight is 444 g/mol. The highest BCUT2D eigenvalue weighted by molar-refractivity contribution is 5.95. The minimum atomic E-state index is -0.711. The molecule has 0 unspecified atom stereocenters. The Labute approximate surface area is 185 Å². The van der Waals surface area contributed by atoms with Crippen LogP contribution < -0.4 is 4.74 Å². The molecule has 8 heteroatoms. The topological polar surface area (TPSA) is 59.1 Å². The van der Waals surface area contributed by atoms with Crippen LogP contribution >= 0.6 is 0 Å². The molecule has 2 aliphatic rings. The molecule has 0 aromatic heterocycles. The first-order valence-corrected chi connectivity index (χ1v) is 10.9. The Hall–Kier alpha value is -3.00. The van der Waals surface area contributed by atoms with Crippen molar-refractivity contribution in [3.05, 3.63) is 65.2 Å². The van der Waals surface area contributed by atoms with Crippen LogP contribution in [0.4, 0.5) is 8.78 Å². The lowest BCUT2D eigenvalue weighted by Crippen LogP contribution is -2.40. The van der Waals surface area contributed by atoms with Gasteiger partial charge in [-0.15, -0.1) is 0 Å². The van der Waals surface area contributed by atoms with Crippen LogP contribution in [0.15, 0.2) is 42.5 Å². The number of ether oxygens (including phenoxy) is 2. The van der Waals surface area contributed by atoms with Crippen molar-refractivity contribution >= 4 is 11.8 Å². The highest BCUT2D eigenvalue weighted by Gasteiger charge is 2.26. The molecule has 6 nitrogen and oxygen atoms in total. The van der Waals surface area contributed by atoms with Gasteiger partial charge in [-0.25, -0.2) is 8.78 Å². The number of carbonyl (C=O) groups excluding carboxylic acids is 2. The van der Waals surface area contributed by atoms with Crippen LogP contribution in [-0.4, -0.2) is 67.6 Å². The second-order valence-electron chi connectivity index (χ2n) is 8.10. The number of carbonyl (C=O) groups is 2. The van der Waals surface area contributed by atoms with Crippen molar-refractivity contribution in [2.75, 3.05) is 46.0 Å². The van der Waals surface area contributed by atoms with E-state index in [0.717, 1.165) is 31.0 Å². The lowest BCUT2D eigenvalue weighted by Gasteiger charge is -2.32. The zero-order chi connectivity index (χ0) is 22.5. The van der Waals surface area contributed by atoms with E-state index in [4.69, 9.17) is 9.47 Å². The quantitative estimate of drug-likeness (QED) is 0.710. The Bertz CT molecular complexity index is 953. The third-order valence-corrected chi connectivity index (χ3v) is 5.95. The number of piperidine rings is 1. The van der Waals surface area contributed by atoms with E-state index < -0.39 is 17.5 Å². The Kier molecular flexibility index (Phi) is 6.99. The third-order valence-electron chi connectivity index (χ3n) is 5.95. The van der Waals surface area contributed by atoms with E-state index in [1.54, 1.807) is 34.1 Å². The smallest absolute Gasteiger partial charge is 0.256 e. The Morgan fingerprint density at radius 3 is 2.25 bits per heavy atom. The van der Waals surface area contributed by atoms with Gasteiger partial charge in [-0.05, 0) is 61.2 Å². The summed E-state index contributed by atoms with van der Waals surface area (Å²) in [6.07, 6.45) is 1.44. The summed E-state index contributed by atoms with van der Waals surface area (Å²) in [6.45, 7) is 3.76. The maximum atomic E-state index is 13.9. The minimum Gasteiger partial charge on any atom is -0.493 e. The molecular weight excluding hydrogens is 418 g/mol. The number of halogens is 2. The fraction of sp³-hybridized carbons (Fsp3) is 0.417. The number of nitrogens with zero attached hydrogens (tertiary/aromatic N) is 2. The third kappa shape index (κ3) is 5.24. The van der Waals surface area contributed by atoms with Crippen LogP contribution in [0.2, 0.25) is 0 Å². The molecule has 2 saturated heterocycles. The van der Waals surface area contributed by atoms with E-state index in [1.807, 2.05) is 0 Å². The zero-order valence-corrected chi connectivity index (χ0v) is 17.8. The zero-order valence-electron chi connectivity index (χ0n) is 17.8. The van der Waals surface area contributed by atoms with Crippen LogP contribution in [0.3, 0.4) is 0 Å². The first-order valence-electron chi connectivity index (χ1n) is 10.9. The summed E-state index contributed by atoms with van der Waals surface area (Å²) in [6, 6.07) is 10.0. The fourth-order valence-electron chi connectivity index (χ4n) is 3.99. The molecule has 0 atom stereocenters. The number of rotatable bonds is 5. The molecule has 2 heterocycles. The van der Waals surface area contributed by atoms with Gasteiger partial charge in [0.25, 0.3) is 11.8 Å². The summed E-state index contributed by atoms with van der Waals surface area (Å²) in [5.41, 5.74) is 0.391. The van der Waals surface area contributed by atoms with Crippen molar-refractivity contribution in [3.8, 4) is 5.75 Å². The van der Waals surface area contributed by atoms with Gasteiger partial charge in [-0.2, -0.15) is 0 Å². The highest BCUT2D eigenvalue weighted by atomic mass is 19.1. The normalized spacial score (nSPS) is 17.3. The SMILES string of the molecule is O=C(c1ccc(OCC2CCN(C(=O)c3cc(F)ccc3F)CC2)cc1)N1CCOCC1. The predicted molar refractivity (Wildman–Crippen MR) is 114 cm³/mol. The largest absolute Gasteiger partial charge is 0.493 e. The lowest BCUT2D eigenvalue weighted by molar-refractivity contribution is 0.0303. The summed E-state index contributed by atoms with van der Waals surface area (Å²) < 4.78 is 38.4. The molecule has 0 aliphatic carbocycles. The Morgan fingerprint density at radius 2 is 1.56 bits per heavy atom. The molecule has 0 spiro atoms. The van der Waals surface area contributed by atoms with Crippen LogP contribution in [-0.2, 0) is 4.74 Å². The Morgan fingerprint density at radius 1 is 0.906 bits per heavy atom.